The van der Waals surface area contributed by atoms with Crippen LogP contribution in [0.25, 0.3) is 0 Å². The van der Waals surface area contributed by atoms with Gasteiger partial charge in [0, 0.05) is 10.6 Å². The third-order valence-corrected chi connectivity index (χ3v) is 5.49. The highest BCUT2D eigenvalue weighted by atomic mass is 32.2. The highest BCUT2D eigenvalue weighted by Crippen LogP contribution is 2.41. The summed E-state index contributed by atoms with van der Waals surface area (Å²) in [6, 6.07) is 12.6. The van der Waals surface area contributed by atoms with Crippen LogP contribution in [0.15, 0.2) is 63.3 Å². The van der Waals surface area contributed by atoms with Crippen molar-refractivity contribution in [3.63, 3.8) is 0 Å². The first-order chi connectivity index (χ1) is 12.6. The summed E-state index contributed by atoms with van der Waals surface area (Å²) in [4.78, 5) is 30.4. The van der Waals surface area contributed by atoms with Gasteiger partial charge in [-0.1, -0.05) is 24.3 Å². The number of carbonyl (C=O) groups is 2. The first-order valence-electron chi connectivity index (χ1n) is 7.66. The Hall–Kier alpha value is -2.58. The Morgan fingerprint density at radius 2 is 1.77 bits per heavy atom. The quantitative estimate of drug-likeness (QED) is 0.807. The number of anilines is 1. The van der Waals surface area contributed by atoms with E-state index in [1.54, 1.807) is 0 Å². The van der Waals surface area contributed by atoms with Crippen molar-refractivity contribution < 1.29 is 19.1 Å². The Balaban J connectivity index is 2.05. The number of para-hydroxylation sites is 1. The summed E-state index contributed by atoms with van der Waals surface area (Å²) >= 11 is 2.51. The third-order valence-electron chi connectivity index (χ3n) is 3.58. The van der Waals surface area contributed by atoms with Crippen molar-refractivity contribution in [1.29, 1.82) is 0 Å². The van der Waals surface area contributed by atoms with Gasteiger partial charge >= 0.3 is 11.9 Å². The molecule has 1 aliphatic rings. The number of nitrogens with one attached hydrogen (secondary N) is 1. The minimum atomic E-state index is -0.635. The largest absolute Gasteiger partial charge is 0.466 e. The van der Waals surface area contributed by atoms with Crippen LogP contribution in [-0.2, 0) is 19.1 Å². The fourth-order valence-corrected chi connectivity index (χ4v) is 4.16. The number of thioether (sulfide) groups is 1. The molecular formula is C18H16N2O4S2. The minimum Gasteiger partial charge on any atom is -0.466 e. The van der Waals surface area contributed by atoms with E-state index >= 15 is 0 Å². The van der Waals surface area contributed by atoms with Gasteiger partial charge in [0.05, 0.1) is 19.8 Å². The Morgan fingerprint density at radius 3 is 2.38 bits per heavy atom. The molecule has 0 amide bonds. The highest BCUT2D eigenvalue weighted by molar-refractivity contribution is 8.18. The number of methoxy groups -OCH3 is 2. The fourth-order valence-electron chi connectivity index (χ4n) is 2.40. The van der Waals surface area contributed by atoms with Gasteiger partial charge in [0.2, 0.25) is 0 Å². The van der Waals surface area contributed by atoms with E-state index in [4.69, 9.17) is 9.47 Å². The van der Waals surface area contributed by atoms with Gasteiger partial charge in [-0.2, -0.15) is 0 Å². The Kier molecular flexibility index (Phi) is 5.75. The second kappa shape index (κ2) is 8.20. The number of hydrogen-bond donors (Lipinski definition) is 1. The number of rotatable bonds is 4. The first kappa shape index (κ1) is 18.2. The van der Waals surface area contributed by atoms with Crippen molar-refractivity contribution in [3.8, 4) is 0 Å². The number of carbonyl (C=O) groups excluding carboxylic acids is 2. The van der Waals surface area contributed by atoms with E-state index in [2.05, 4.69) is 10.3 Å². The number of nitrogens with zero attached hydrogens (tertiary/aromatic N) is 1. The van der Waals surface area contributed by atoms with Crippen molar-refractivity contribution in [1.82, 2.24) is 0 Å². The van der Waals surface area contributed by atoms with Crippen molar-refractivity contribution in [3.05, 3.63) is 63.2 Å². The predicted octanol–water partition coefficient (Wildman–Crippen LogP) is 3.60. The second-order valence-electron chi connectivity index (χ2n) is 5.17. The van der Waals surface area contributed by atoms with Crippen LogP contribution in [0.1, 0.15) is 10.9 Å². The average Bonchev–Trinajstić information content (AvgIpc) is 3.21. The zero-order valence-electron chi connectivity index (χ0n) is 14.1. The predicted molar refractivity (Wildman–Crippen MR) is 103 cm³/mol. The molecule has 1 aromatic heterocycles. The van der Waals surface area contributed by atoms with E-state index < -0.39 is 18.0 Å². The summed E-state index contributed by atoms with van der Waals surface area (Å²) in [7, 11) is 2.56. The van der Waals surface area contributed by atoms with Crippen molar-refractivity contribution in [2.45, 2.75) is 6.04 Å². The summed E-state index contributed by atoms with van der Waals surface area (Å²) < 4.78 is 9.77. The lowest BCUT2D eigenvalue weighted by molar-refractivity contribution is -0.139. The molecule has 1 N–H and O–H groups in total. The van der Waals surface area contributed by atoms with E-state index in [0.29, 0.717) is 5.17 Å². The number of amidine groups is 1. The molecule has 0 saturated heterocycles. The van der Waals surface area contributed by atoms with Gasteiger partial charge in [-0.3, -0.25) is 0 Å². The molecule has 2 aromatic rings. The van der Waals surface area contributed by atoms with Crippen molar-refractivity contribution in [2.75, 3.05) is 19.5 Å². The first-order valence-corrected chi connectivity index (χ1v) is 9.35. The molecule has 6 nitrogen and oxygen atoms in total. The standard InChI is InChI=1S/C18H16N2O4S2/c1-23-16(21)13-14(12-9-6-10-25-12)20-18(26-15(13)17(22)24-2)19-11-7-4-3-5-8-11/h3-10,14H,1-2H3,(H,19,20). The van der Waals surface area contributed by atoms with E-state index in [9.17, 15) is 9.59 Å². The Morgan fingerprint density at radius 1 is 1.04 bits per heavy atom. The lowest BCUT2D eigenvalue weighted by atomic mass is 10.1. The van der Waals surface area contributed by atoms with Gasteiger partial charge in [0.25, 0.3) is 0 Å². The van der Waals surface area contributed by atoms with Crippen LogP contribution in [0.5, 0.6) is 0 Å². The zero-order chi connectivity index (χ0) is 18.5. The molecule has 0 spiro atoms. The van der Waals surface area contributed by atoms with Crippen LogP contribution < -0.4 is 5.32 Å². The number of esters is 2. The summed E-state index contributed by atoms with van der Waals surface area (Å²) in [6.45, 7) is 0. The molecule has 1 atom stereocenters. The van der Waals surface area contributed by atoms with Crippen LogP contribution in [0.4, 0.5) is 5.69 Å². The van der Waals surface area contributed by atoms with Crippen molar-refractivity contribution >= 4 is 45.9 Å². The molecule has 1 aromatic carbocycles. The lowest BCUT2D eigenvalue weighted by Gasteiger charge is -2.24. The molecule has 8 heteroatoms. The third kappa shape index (κ3) is 3.81. The summed E-state index contributed by atoms with van der Waals surface area (Å²) in [6.07, 6.45) is 0. The van der Waals surface area contributed by atoms with Crippen molar-refractivity contribution in [2.24, 2.45) is 4.99 Å². The van der Waals surface area contributed by atoms with Crippen LogP contribution >= 0.6 is 23.1 Å². The molecule has 3 rings (SSSR count). The van der Waals surface area contributed by atoms with Gasteiger partial charge in [0.1, 0.15) is 10.9 Å². The number of ether oxygens (including phenoxy) is 2. The van der Waals surface area contributed by atoms with E-state index in [-0.39, 0.29) is 10.5 Å². The summed E-state index contributed by atoms with van der Waals surface area (Å²) in [5, 5.41) is 5.58. The molecule has 0 aliphatic carbocycles. The summed E-state index contributed by atoms with van der Waals surface area (Å²) in [5.41, 5.74) is 1.01. The monoisotopic (exact) mass is 388 g/mol. The zero-order valence-corrected chi connectivity index (χ0v) is 15.7. The number of hydrogen-bond acceptors (Lipinski definition) is 8. The minimum absolute atomic E-state index is 0.172. The Labute approximate surface area is 158 Å². The maximum Gasteiger partial charge on any atom is 0.345 e. The molecule has 134 valence electrons. The molecular weight excluding hydrogens is 372 g/mol. The molecule has 1 aliphatic heterocycles. The van der Waals surface area contributed by atoms with Gasteiger partial charge in [-0.05, 0) is 35.3 Å². The van der Waals surface area contributed by atoms with Crippen LogP contribution in [0.2, 0.25) is 0 Å². The number of benzene rings is 1. The molecule has 26 heavy (non-hydrogen) atoms. The molecule has 1 unspecified atom stereocenters. The van der Waals surface area contributed by atoms with E-state index in [1.165, 1.54) is 25.6 Å². The number of aliphatic imine (C=N–C) groups is 1. The van der Waals surface area contributed by atoms with Gasteiger partial charge in [-0.15, -0.1) is 11.3 Å². The van der Waals surface area contributed by atoms with Gasteiger partial charge in [0.15, 0.2) is 5.17 Å². The lowest BCUT2D eigenvalue weighted by Crippen LogP contribution is -2.24. The molecule has 2 heterocycles. The highest BCUT2D eigenvalue weighted by Gasteiger charge is 2.36. The maximum atomic E-state index is 12.4. The Bertz CT molecular complexity index is 861. The SMILES string of the molecule is COC(=O)C1=C(C(=O)OC)C(c2cccs2)N=C(Nc2ccccc2)S1. The molecule has 0 radical (unpaired) electrons. The van der Waals surface area contributed by atoms with E-state index in [0.717, 1.165) is 22.3 Å². The topological polar surface area (TPSA) is 77.0 Å². The second-order valence-corrected chi connectivity index (χ2v) is 7.15. The van der Waals surface area contributed by atoms with Crippen LogP contribution in [-0.4, -0.2) is 31.3 Å². The maximum absolute atomic E-state index is 12.4. The van der Waals surface area contributed by atoms with Crippen LogP contribution in [0.3, 0.4) is 0 Å². The summed E-state index contributed by atoms with van der Waals surface area (Å²) in [5.74, 6) is -1.20. The van der Waals surface area contributed by atoms with Gasteiger partial charge in [-0.25, -0.2) is 14.6 Å². The molecule has 0 saturated carbocycles. The fraction of sp³-hybridized carbons (Fsp3) is 0.167. The normalized spacial score (nSPS) is 16.7. The smallest absolute Gasteiger partial charge is 0.345 e. The van der Waals surface area contributed by atoms with E-state index in [1.807, 2.05) is 47.8 Å². The van der Waals surface area contributed by atoms with Gasteiger partial charge < -0.3 is 14.8 Å². The molecule has 0 bridgehead atoms. The number of thiophene rings is 1. The molecule has 0 fully saturated rings. The van der Waals surface area contributed by atoms with Crippen LogP contribution in [0, 0.1) is 0 Å². The average molecular weight is 388 g/mol.